The topological polar surface area (TPSA) is 92.9 Å². The van der Waals surface area contributed by atoms with Gasteiger partial charge in [-0.3, -0.25) is 4.79 Å². The number of anilines is 3. The molecule has 2 heterocycles. The molecule has 0 saturated carbocycles. The van der Waals surface area contributed by atoms with Crippen molar-refractivity contribution in [3.8, 4) is 0 Å². The van der Waals surface area contributed by atoms with Gasteiger partial charge in [-0.05, 0) is 37.6 Å². The summed E-state index contributed by atoms with van der Waals surface area (Å²) in [5, 5.41) is 9.52. The Labute approximate surface area is 146 Å². The number of halogens is 1. The molecular weight excluding hydrogens is 374 g/mol. The zero-order chi connectivity index (χ0) is 17.1. The molecule has 0 fully saturated rings. The first kappa shape index (κ1) is 16.1. The molecule has 2 N–H and O–H groups in total. The predicted molar refractivity (Wildman–Crippen MR) is 93.4 cm³/mol. The highest BCUT2D eigenvalue weighted by molar-refractivity contribution is 9.10. The highest BCUT2D eigenvalue weighted by atomic mass is 79.9. The summed E-state index contributed by atoms with van der Waals surface area (Å²) in [6, 6.07) is 9.05. The molecule has 0 spiro atoms. The van der Waals surface area contributed by atoms with Gasteiger partial charge in [-0.25, -0.2) is 9.97 Å². The minimum atomic E-state index is -0.388. The Bertz CT molecular complexity index is 894. The Balaban J connectivity index is 1.77. The molecule has 0 aliphatic heterocycles. The van der Waals surface area contributed by atoms with E-state index in [1.54, 1.807) is 19.1 Å². The second kappa shape index (κ2) is 6.79. The fourth-order valence-electron chi connectivity index (χ4n) is 2.06. The Morgan fingerprint density at radius 1 is 1.12 bits per heavy atom. The summed E-state index contributed by atoms with van der Waals surface area (Å²) in [6.45, 7) is 3.73. The lowest BCUT2D eigenvalue weighted by molar-refractivity contribution is 0.102. The van der Waals surface area contributed by atoms with Crippen molar-refractivity contribution in [2.24, 2.45) is 0 Å². The fraction of sp³-hybridized carbons (Fsp3) is 0.125. The number of amides is 1. The van der Waals surface area contributed by atoms with Gasteiger partial charge in [0.25, 0.3) is 5.91 Å². The summed E-state index contributed by atoms with van der Waals surface area (Å²) in [7, 11) is 0. The van der Waals surface area contributed by atoms with Gasteiger partial charge in [0.05, 0.1) is 0 Å². The number of aromatic nitrogens is 3. The standard InChI is InChI=1S/C16H14BrN5O2/c1-9-5-11(17)3-4-12(9)20-14-7-13(18-8-19-14)16(23)21-15-6-10(2)24-22-15/h3-8H,1-2H3,(H,18,19,20)(H,21,22,23). The van der Waals surface area contributed by atoms with Crippen molar-refractivity contribution in [2.45, 2.75) is 13.8 Å². The Kier molecular flexibility index (Phi) is 4.57. The average Bonchev–Trinajstić information content (AvgIpc) is 2.95. The van der Waals surface area contributed by atoms with Crippen molar-refractivity contribution in [1.29, 1.82) is 0 Å². The molecule has 0 radical (unpaired) electrons. The van der Waals surface area contributed by atoms with Gasteiger partial charge in [-0.1, -0.05) is 21.1 Å². The van der Waals surface area contributed by atoms with Crippen molar-refractivity contribution in [2.75, 3.05) is 10.6 Å². The molecular formula is C16H14BrN5O2. The van der Waals surface area contributed by atoms with Gasteiger partial charge >= 0.3 is 0 Å². The maximum Gasteiger partial charge on any atom is 0.275 e. The van der Waals surface area contributed by atoms with Crippen LogP contribution in [-0.2, 0) is 0 Å². The molecule has 0 bridgehead atoms. The van der Waals surface area contributed by atoms with E-state index >= 15 is 0 Å². The van der Waals surface area contributed by atoms with Crippen molar-refractivity contribution in [1.82, 2.24) is 15.1 Å². The van der Waals surface area contributed by atoms with Gasteiger partial charge in [0.2, 0.25) is 0 Å². The molecule has 0 atom stereocenters. The maximum atomic E-state index is 12.2. The Morgan fingerprint density at radius 3 is 2.67 bits per heavy atom. The van der Waals surface area contributed by atoms with Crippen LogP contribution in [0.2, 0.25) is 0 Å². The molecule has 0 aliphatic carbocycles. The normalized spacial score (nSPS) is 10.5. The third kappa shape index (κ3) is 3.77. The van der Waals surface area contributed by atoms with Gasteiger partial charge in [0.1, 0.15) is 23.6 Å². The molecule has 2 aromatic heterocycles. The minimum Gasteiger partial charge on any atom is -0.360 e. The summed E-state index contributed by atoms with van der Waals surface area (Å²) in [5.41, 5.74) is 2.17. The van der Waals surface area contributed by atoms with Gasteiger partial charge in [0, 0.05) is 22.3 Å². The van der Waals surface area contributed by atoms with Crippen LogP contribution in [0.4, 0.5) is 17.3 Å². The first-order valence-corrected chi connectivity index (χ1v) is 7.90. The zero-order valence-electron chi connectivity index (χ0n) is 13.0. The molecule has 0 saturated heterocycles. The van der Waals surface area contributed by atoms with E-state index in [0.29, 0.717) is 17.4 Å². The second-order valence-electron chi connectivity index (χ2n) is 5.15. The first-order valence-electron chi connectivity index (χ1n) is 7.11. The van der Waals surface area contributed by atoms with E-state index in [-0.39, 0.29) is 11.6 Å². The van der Waals surface area contributed by atoms with Crippen LogP contribution in [-0.4, -0.2) is 21.0 Å². The van der Waals surface area contributed by atoms with Crippen molar-refractivity contribution >= 4 is 39.2 Å². The molecule has 8 heteroatoms. The quantitative estimate of drug-likeness (QED) is 0.706. The summed E-state index contributed by atoms with van der Waals surface area (Å²) in [5.74, 6) is 1.09. The molecule has 0 aliphatic rings. The third-order valence-electron chi connectivity index (χ3n) is 3.22. The van der Waals surface area contributed by atoms with Crippen LogP contribution in [0, 0.1) is 13.8 Å². The average molecular weight is 388 g/mol. The smallest absolute Gasteiger partial charge is 0.275 e. The number of aryl methyl sites for hydroxylation is 2. The van der Waals surface area contributed by atoms with Gasteiger partial charge < -0.3 is 15.2 Å². The van der Waals surface area contributed by atoms with E-state index in [0.717, 1.165) is 15.7 Å². The van der Waals surface area contributed by atoms with Crippen LogP contribution in [0.25, 0.3) is 0 Å². The van der Waals surface area contributed by atoms with Crippen LogP contribution in [0.3, 0.4) is 0 Å². The Hall–Kier alpha value is -2.74. The van der Waals surface area contributed by atoms with Gasteiger partial charge in [-0.2, -0.15) is 0 Å². The van der Waals surface area contributed by atoms with E-state index in [1.807, 2.05) is 25.1 Å². The number of benzene rings is 1. The summed E-state index contributed by atoms with van der Waals surface area (Å²) in [4.78, 5) is 20.4. The number of nitrogens with one attached hydrogen (secondary N) is 2. The van der Waals surface area contributed by atoms with Gasteiger partial charge in [0.15, 0.2) is 5.82 Å². The fourth-order valence-corrected chi connectivity index (χ4v) is 2.54. The molecule has 0 unspecified atom stereocenters. The third-order valence-corrected chi connectivity index (χ3v) is 3.71. The molecule has 1 aromatic carbocycles. The Morgan fingerprint density at radius 2 is 1.96 bits per heavy atom. The van der Waals surface area contributed by atoms with Crippen LogP contribution in [0.1, 0.15) is 21.8 Å². The lowest BCUT2D eigenvalue weighted by atomic mass is 10.2. The highest BCUT2D eigenvalue weighted by Gasteiger charge is 2.12. The maximum absolute atomic E-state index is 12.2. The largest absolute Gasteiger partial charge is 0.360 e. The molecule has 3 aromatic rings. The summed E-state index contributed by atoms with van der Waals surface area (Å²) < 4.78 is 5.91. The van der Waals surface area contributed by atoms with Crippen LogP contribution >= 0.6 is 15.9 Å². The first-order chi connectivity index (χ1) is 11.5. The van der Waals surface area contributed by atoms with E-state index in [1.165, 1.54) is 6.33 Å². The van der Waals surface area contributed by atoms with E-state index in [2.05, 4.69) is 41.7 Å². The second-order valence-corrected chi connectivity index (χ2v) is 6.07. The van der Waals surface area contributed by atoms with E-state index in [9.17, 15) is 4.79 Å². The number of hydrogen-bond donors (Lipinski definition) is 2. The lowest BCUT2D eigenvalue weighted by Crippen LogP contribution is -2.14. The van der Waals surface area contributed by atoms with E-state index in [4.69, 9.17) is 4.52 Å². The number of carbonyl (C=O) groups is 1. The van der Waals surface area contributed by atoms with E-state index < -0.39 is 0 Å². The molecule has 1 amide bonds. The minimum absolute atomic E-state index is 0.225. The number of hydrogen-bond acceptors (Lipinski definition) is 6. The van der Waals surface area contributed by atoms with Crippen molar-refractivity contribution < 1.29 is 9.32 Å². The lowest BCUT2D eigenvalue weighted by Gasteiger charge is -2.09. The predicted octanol–water partition coefficient (Wildman–Crippen LogP) is 3.84. The monoisotopic (exact) mass is 387 g/mol. The highest BCUT2D eigenvalue weighted by Crippen LogP contribution is 2.23. The van der Waals surface area contributed by atoms with Crippen molar-refractivity contribution in [3.63, 3.8) is 0 Å². The van der Waals surface area contributed by atoms with Gasteiger partial charge in [-0.15, -0.1) is 0 Å². The SMILES string of the molecule is Cc1cc(NC(=O)c2cc(Nc3ccc(Br)cc3C)ncn2)no1. The number of carbonyl (C=O) groups excluding carboxylic acids is 1. The molecule has 122 valence electrons. The number of nitrogens with zero attached hydrogens (tertiary/aromatic N) is 3. The molecule has 7 nitrogen and oxygen atoms in total. The zero-order valence-corrected chi connectivity index (χ0v) is 14.6. The van der Waals surface area contributed by atoms with Crippen LogP contribution in [0.5, 0.6) is 0 Å². The van der Waals surface area contributed by atoms with Crippen LogP contribution < -0.4 is 10.6 Å². The summed E-state index contributed by atoms with van der Waals surface area (Å²) >= 11 is 3.43. The molecule has 3 rings (SSSR count). The van der Waals surface area contributed by atoms with Crippen LogP contribution in [0.15, 0.2) is 45.7 Å². The number of rotatable bonds is 4. The summed E-state index contributed by atoms with van der Waals surface area (Å²) in [6.07, 6.45) is 1.33. The molecule has 24 heavy (non-hydrogen) atoms. The van der Waals surface area contributed by atoms with Crippen molar-refractivity contribution in [3.05, 3.63) is 58.1 Å².